The average Bonchev–Trinajstić information content (AvgIpc) is 3.10. The topological polar surface area (TPSA) is 45.7 Å². The lowest BCUT2D eigenvalue weighted by atomic mass is 9.85. The second-order valence-electron chi connectivity index (χ2n) is 7.58. The Hall–Kier alpha value is -2.40. The first-order chi connectivity index (χ1) is 13.2. The summed E-state index contributed by atoms with van der Waals surface area (Å²) in [7, 11) is 1.69. The fourth-order valence-corrected chi connectivity index (χ4v) is 4.81. The van der Waals surface area contributed by atoms with Gasteiger partial charge in [0.05, 0.1) is 7.11 Å². The summed E-state index contributed by atoms with van der Waals surface area (Å²) in [4.78, 5) is 21.2. The first kappa shape index (κ1) is 18.0. The summed E-state index contributed by atoms with van der Waals surface area (Å²) in [5.74, 6) is 1.37. The van der Waals surface area contributed by atoms with Crippen molar-refractivity contribution in [1.29, 1.82) is 0 Å². The van der Waals surface area contributed by atoms with Crippen LogP contribution in [0.3, 0.4) is 0 Å². The molecule has 2 fully saturated rings. The summed E-state index contributed by atoms with van der Waals surface area (Å²) in [6.45, 7) is 4.44. The van der Waals surface area contributed by atoms with Crippen molar-refractivity contribution < 1.29 is 9.53 Å². The van der Waals surface area contributed by atoms with Crippen LogP contribution in [0.25, 0.3) is 0 Å². The minimum atomic E-state index is 0.184. The minimum absolute atomic E-state index is 0.184. The highest BCUT2D eigenvalue weighted by molar-refractivity contribution is 5.74. The molecule has 0 spiro atoms. The monoisotopic (exact) mass is 365 g/mol. The lowest BCUT2D eigenvalue weighted by molar-refractivity contribution is -0.130. The van der Waals surface area contributed by atoms with Gasteiger partial charge < -0.3 is 9.64 Å². The van der Waals surface area contributed by atoms with Crippen molar-refractivity contribution in [1.82, 2.24) is 14.8 Å². The largest absolute Gasteiger partial charge is 0.497 e. The van der Waals surface area contributed by atoms with Crippen LogP contribution in [0.4, 0.5) is 0 Å². The summed E-state index contributed by atoms with van der Waals surface area (Å²) in [6, 6.07) is 13.1. The van der Waals surface area contributed by atoms with E-state index in [2.05, 4.69) is 33.0 Å². The van der Waals surface area contributed by atoms with Gasteiger partial charge in [-0.2, -0.15) is 0 Å². The fraction of sp³-hybridized carbons (Fsp3) is 0.455. The van der Waals surface area contributed by atoms with Crippen molar-refractivity contribution in [3.63, 3.8) is 0 Å². The molecule has 2 saturated heterocycles. The zero-order valence-corrected chi connectivity index (χ0v) is 16.0. The molecule has 1 aromatic carbocycles. The van der Waals surface area contributed by atoms with Gasteiger partial charge in [-0.25, -0.2) is 0 Å². The van der Waals surface area contributed by atoms with Crippen molar-refractivity contribution >= 4 is 5.91 Å². The summed E-state index contributed by atoms with van der Waals surface area (Å²) >= 11 is 0. The number of hydrogen-bond acceptors (Lipinski definition) is 4. The first-order valence-corrected chi connectivity index (χ1v) is 9.71. The fourth-order valence-electron chi connectivity index (χ4n) is 4.81. The van der Waals surface area contributed by atoms with Gasteiger partial charge in [0.2, 0.25) is 5.91 Å². The molecule has 2 aliphatic heterocycles. The minimum Gasteiger partial charge on any atom is -0.497 e. The van der Waals surface area contributed by atoms with Gasteiger partial charge in [0.25, 0.3) is 0 Å². The number of nitrogens with zero attached hydrogens (tertiary/aromatic N) is 3. The van der Waals surface area contributed by atoms with Crippen LogP contribution in [0.2, 0.25) is 0 Å². The zero-order valence-electron chi connectivity index (χ0n) is 16.0. The van der Waals surface area contributed by atoms with Crippen molar-refractivity contribution in [2.24, 2.45) is 0 Å². The number of aromatic nitrogens is 1. The second-order valence-corrected chi connectivity index (χ2v) is 7.58. The molecule has 1 aromatic heterocycles. The van der Waals surface area contributed by atoms with Crippen LogP contribution in [0.5, 0.6) is 5.75 Å². The highest BCUT2D eigenvalue weighted by Crippen LogP contribution is 2.41. The predicted molar refractivity (Wildman–Crippen MR) is 105 cm³/mol. The third-order valence-electron chi connectivity index (χ3n) is 6.02. The van der Waals surface area contributed by atoms with E-state index in [0.717, 1.165) is 38.2 Å². The number of methoxy groups -OCH3 is 1. The van der Waals surface area contributed by atoms with E-state index in [9.17, 15) is 4.79 Å². The molecule has 0 saturated carbocycles. The van der Waals surface area contributed by atoms with Gasteiger partial charge in [-0.3, -0.25) is 14.7 Å². The maximum Gasteiger partial charge on any atom is 0.219 e. The normalized spacial score (nSPS) is 25.3. The van der Waals surface area contributed by atoms with Crippen molar-refractivity contribution in [3.8, 4) is 5.75 Å². The molecule has 2 aliphatic rings. The molecule has 0 N–H and O–H groups in total. The zero-order chi connectivity index (χ0) is 18.8. The summed E-state index contributed by atoms with van der Waals surface area (Å²) in [5, 5.41) is 0. The molecule has 142 valence electrons. The highest BCUT2D eigenvalue weighted by atomic mass is 16.5. The van der Waals surface area contributed by atoms with Crippen molar-refractivity contribution in [2.45, 2.75) is 44.3 Å². The van der Waals surface area contributed by atoms with E-state index in [1.54, 1.807) is 14.0 Å². The third kappa shape index (κ3) is 3.56. The van der Waals surface area contributed by atoms with Crippen LogP contribution in [0.15, 0.2) is 48.8 Å². The Morgan fingerprint density at radius 3 is 2.74 bits per heavy atom. The Kier molecular flexibility index (Phi) is 5.12. The van der Waals surface area contributed by atoms with Gasteiger partial charge in [0, 0.05) is 50.4 Å². The van der Waals surface area contributed by atoms with Gasteiger partial charge in [0.1, 0.15) is 5.75 Å². The molecule has 3 heterocycles. The molecule has 27 heavy (non-hydrogen) atoms. The molecule has 0 unspecified atom stereocenters. The number of hydrogen-bond donors (Lipinski definition) is 0. The van der Waals surface area contributed by atoms with E-state index in [1.807, 2.05) is 30.6 Å². The van der Waals surface area contributed by atoms with Crippen LogP contribution in [0, 0.1) is 0 Å². The third-order valence-corrected chi connectivity index (χ3v) is 6.02. The van der Waals surface area contributed by atoms with Crippen LogP contribution in [-0.2, 0) is 11.3 Å². The van der Waals surface area contributed by atoms with E-state index in [-0.39, 0.29) is 5.91 Å². The Bertz CT molecular complexity index is 778. The summed E-state index contributed by atoms with van der Waals surface area (Å²) < 4.78 is 5.32. The lowest BCUT2D eigenvalue weighted by Gasteiger charge is -2.41. The number of pyridine rings is 1. The molecule has 0 aliphatic carbocycles. The first-order valence-electron chi connectivity index (χ1n) is 9.71. The van der Waals surface area contributed by atoms with Crippen LogP contribution >= 0.6 is 0 Å². The van der Waals surface area contributed by atoms with E-state index in [4.69, 9.17) is 4.74 Å². The predicted octanol–water partition coefficient (Wildman–Crippen LogP) is 3.07. The maximum atomic E-state index is 12.3. The molecule has 4 rings (SSSR count). The molecular formula is C22H27N3O2. The van der Waals surface area contributed by atoms with Crippen LogP contribution in [-0.4, -0.2) is 53.0 Å². The average molecular weight is 365 g/mol. The number of carbonyl (C=O) groups is 1. The SMILES string of the molecule is COc1ccc([C@H]2CN(C(C)=O)[C@@H]3CCCN(Cc4cccnc4)[C@H]23)cc1. The van der Waals surface area contributed by atoms with Crippen LogP contribution in [0.1, 0.15) is 36.8 Å². The second kappa shape index (κ2) is 7.69. The number of piperidine rings is 1. The maximum absolute atomic E-state index is 12.3. The number of likely N-dealkylation sites (tertiary alicyclic amines) is 2. The molecule has 0 radical (unpaired) electrons. The molecule has 2 aromatic rings. The van der Waals surface area contributed by atoms with Gasteiger partial charge in [-0.05, 0) is 48.7 Å². The van der Waals surface area contributed by atoms with Gasteiger partial charge in [-0.1, -0.05) is 18.2 Å². The van der Waals surface area contributed by atoms with E-state index in [1.165, 1.54) is 11.1 Å². The number of rotatable bonds is 4. The number of benzene rings is 1. The van der Waals surface area contributed by atoms with E-state index in [0.29, 0.717) is 18.0 Å². The van der Waals surface area contributed by atoms with E-state index < -0.39 is 0 Å². The molecule has 5 heteroatoms. The van der Waals surface area contributed by atoms with Crippen LogP contribution < -0.4 is 4.74 Å². The van der Waals surface area contributed by atoms with Crippen molar-refractivity contribution in [2.75, 3.05) is 20.2 Å². The Morgan fingerprint density at radius 1 is 1.26 bits per heavy atom. The Labute approximate surface area is 161 Å². The van der Waals surface area contributed by atoms with E-state index >= 15 is 0 Å². The molecular weight excluding hydrogens is 338 g/mol. The standard InChI is InChI=1S/C22H27N3O2/c1-16(26)25-15-20(18-7-9-19(27-2)10-8-18)22-21(25)6-4-12-24(22)14-17-5-3-11-23-13-17/h3,5,7-11,13,20-22H,4,6,12,14-15H2,1-2H3/t20-,21-,22-/m1/s1. The molecule has 5 nitrogen and oxygen atoms in total. The smallest absolute Gasteiger partial charge is 0.219 e. The molecule has 1 amide bonds. The highest BCUT2D eigenvalue weighted by Gasteiger charge is 2.47. The van der Waals surface area contributed by atoms with Crippen molar-refractivity contribution in [3.05, 3.63) is 59.9 Å². The number of carbonyl (C=O) groups excluding carboxylic acids is 1. The molecule has 0 bridgehead atoms. The van der Waals surface area contributed by atoms with Gasteiger partial charge >= 0.3 is 0 Å². The molecule has 3 atom stereocenters. The summed E-state index contributed by atoms with van der Waals surface area (Å²) in [5.41, 5.74) is 2.51. The van der Waals surface area contributed by atoms with Gasteiger partial charge in [0.15, 0.2) is 0 Å². The number of fused-ring (bicyclic) bond motifs is 1. The summed E-state index contributed by atoms with van der Waals surface area (Å²) in [6.07, 6.45) is 5.97. The number of amides is 1. The number of ether oxygens (including phenoxy) is 1. The Morgan fingerprint density at radius 2 is 2.07 bits per heavy atom. The Balaban J connectivity index is 1.65. The van der Waals surface area contributed by atoms with Gasteiger partial charge in [-0.15, -0.1) is 0 Å². The quantitative estimate of drug-likeness (QED) is 0.835. The lowest BCUT2D eigenvalue weighted by Crippen LogP contribution is -2.51.